The van der Waals surface area contributed by atoms with Crippen molar-refractivity contribution in [2.24, 2.45) is 5.92 Å². The van der Waals surface area contributed by atoms with Gasteiger partial charge in [0.1, 0.15) is 5.75 Å². The van der Waals surface area contributed by atoms with E-state index in [1.807, 2.05) is 0 Å². The number of hydrogen-bond donors (Lipinski definition) is 1. The highest BCUT2D eigenvalue weighted by Crippen LogP contribution is 2.34. The first-order chi connectivity index (χ1) is 10.1. The van der Waals surface area contributed by atoms with E-state index in [2.05, 4.69) is 38.2 Å². The molecule has 0 saturated carbocycles. The number of halogens is 1. The molecule has 1 aliphatic rings. The Morgan fingerprint density at radius 1 is 1.33 bits per heavy atom. The molecular weight excluding hydrogens is 282 g/mol. The van der Waals surface area contributed by atoms with E-state index in [1.165, 1.54) is 30.4 Å². The molecule has 1 aliphatic heterocycles. The zero-order valence-electron chi connectivity index (χ0n) is 13.5. The van der Waals surface area contributed by atoms with Gasteiger partial charge in [-0.3, -0.25) is 0 Å². The van der Waals surface area contributed by atoms with Crippen LogP contribution in [0.3, 0.4) is 0 Å². The third-order valence-corrected chi connectivity index (χ3v) is 4.58. The summed E-state index contributed by atoms with van der Waals surface area (Å²) in [5.74, 6) is 1.83. The van der Waals surface area contributed by atoms with E-state index in [0.717, 1.165) is 42.7 Å². The van der Waals surface area contributed by atoms with Crippen LogP contribution in [-0.4, -0.2) is 19.2 Å². The molecule has 3 heteroatoms. The molecule has 0 aliphatic carbocycles. The number of fused-ring (bicyclic) bond motifs is 1. The Morgan fingerprint density at radius 3 is 2.86 bits per heavy atom. The van der Waals surface area contributed by atoms with Crippen molar-refractivity contribution in [1.29, 1.82) is 0 Å². The van der Waals surface area contributed by atoms with E-state index >= 15 is 0 Å². The molecule has 0 saturated heterocycles. The molecule has 2 unspecified atom stereocenters. The van der Waals surface area contributed by atoms with Gasteiger partial charge in [0.2, 0.25) is 0 Å². The van der Waals surface area contributed by atoms with Gasteiger partial charge in [0.25, 0.3) is 0 Å². The highest BCUT2D eigenvalue weighted by Gasteiger charge is 2.21. The number of ether oxygens (including phenoxy) is 1. The van der Waals surface area contributed by atoms with Crippen molar-refractivity contribution < 1.29 is 4.74 Å². The molecule has 0 fully saturated rings. The number of hydrogen-bond acceptors (Lipinski definition) is 2. The van der Waals surface area contributed by atoms with Crippen LogP contribution in [0.4, 0.5) is 0 Å². The summed E-state index contributed by atoms with van der Waals surface area (Å²) in [5.41, 5.74) is 2.54. The largest absolute Gasteiger partial charge is 0.493 e. The quantitative estimate of drug-likeness (QED) is 0.756. The monoisotopic (exact) mass is 309 g/mol. The van der Waals surface area contributed by atoms with Crippen LogP contribution in [0.2, 0.25) is 5.02 Å². The van der Waals surface area contributed by atoms with E-state index in [4.69, 9.17) is 16.3 Å². The van der Waals surface area contributed by atoms with Gasteiger partial charge in [-0.25, -0.2) is 0 Å². The molecular formula is C18H28ClNO. The predicted octanol–water partition coefficient (Wildman–Crippen LogP) is 4.62. The predicted molar refractivity (Wildman–Crippen MR) is 90.5 cm³/mol. The summed E-state index contributed by atoms with van der Waals surface area (Å²) in [7, 11) is 0. The molecule has 1 N–H and O–H groups in total. The first-order valence-corrected chi connectivity index (χ1v) is 8.69. The van der Waals surface area contributed by atoms with E-state index in [9.17, 15) is 0 Å². The topological polar surface area (TPSA) is 21.3 Å². The summed E-state index contributed by atoms with van der Waals surface area (Å²) in [4.78, 5) is 0. The summed E-state index contributed by atoms with van der Waals surface area (Å²) in [6, 6.07) is 4.64. The van der Waals surface area contributed by atoms with Gasteiger partial charge in [0.05, 0.1) is 6.61 Å². The molecule has 2 nitrogen and oxygen atoms in total. The van der Waals surface area contributed by atoms with Crippen LogP contribution in [0, 0.1) is 5.92 Å². The van der Waals surface area contributed by atoms with Crippen molar-refractivity contribution in [1.82, 2.24) is 5.32 Å². The van der Waals surface area contributed by atoms with Crippen LogP contribution in [0.15, 0.2) is 12.1 Å². The van der Waals surface area contributed by atoms with E-state index in [-0.39, 0.29) is 0 Å². The van der Waals surface area contributed by atoms with Gasteiger partial charge in [0.15, 0.2) is 0 Å². The Bertz CT molecular complexity index is 461. The van der Waals surface area contributed by atoms with E-state index in [1.54, 1.807) is 0 Å². The molecule has 0 amide bonds. The number of rotatable bonds is 8. The Labute approximate surface area is 134 Å². The standard InChI is InChI=1S/C18H28ClNO/c1-4-7-20-17(9-13(3)5-2)12-15-11-16(19)10-14-6-8-21-18(14)15/h10-11,13,17,20H,4-9,12H2,1-3H3. The molecule has 0 radical (unpaired) electrons. The summed E-state index contributed by atoms with van der Waals surface area (Å²) in [6.07, 6.45) is 5.60. The minimum Gasteiger partial charge on any atom is -0.493 e. The highest BCUT2D eigenvalue weighted by molar-refractivity contribution is 6.30. The zero-order valence-corrected chi connectivity index (χ0v) is 14.3. The Hall–Kier alpha value is -0.730. The van der Waals surface area contributed by atoms with Crippen LogP contribution >= 0.6 is 11.6 Å². The lowest BCUT2D eigenvalue weighted by molar-refractivity contribution is 0.346. The Kier molecular flexibility index (Phi) is 6.38. The van der Waals surface area contributed by atoms with Gasteiger partial charge in [-0.2, -0.15) is 0 Å². The fourth-order valence-electron chi connectivity index (χ4n) is 3.00. The van der Waals surface area contributed by atoms with Crippen molar-refractivity contribution in [3.8, 4) is 5.75 Å². The van der Waals surface area contributed by atoms with Gasteiger partial charge in [-0.15, -0.1) is 0 Å². The normalized spacial score (nSPS) is 16.4. The second-order valence-corrected chi connectivity index (χ2v) is 6.69. The Balaban J connectivity index is 2.12. The molecule has 0 spiro atoms. The molecule has 1 aromatic rings. The minimum absolute atomic E-state index is 0.506. The maximum Gasteiger partial charge on any atom is 0.125 e. The lowest BCUT2D eigenvalue weighted by Gasteiger charge is -2.23. The molecule has 2 rings (SSSR count). The minimum atomic E-state index is 0.506. The van der Waals surface area contributed by atoms with Crippen LogP contribution in [0.1, 0.15) is 51.2 Å². The maximum absolute atomic E-state index is 6.27. The van der Waals surface area contributed by atoms with Gasteiger partial charge in [-0.1, -0.05) is 38.8 Å². The van der Waals surface area contributed by atoms with Crippen molar-refractivity contribution in [2.75, 3.05) is 13.2 Å². The van der Waals surface area contributed by atoms with E-state index < -0.39 is 0 Å². The molecule has 21 heavy (non-hydrogen) atoms. The molecule has 1 heterocycles. The summed E-state index contributed by atoms with van der Waals surface area (Å²) in [5, 5.41) is 4.53. The lowest BCUT2D eigenvalue weighted by atomic mass is 9.93. The van der Waals surface area contributed by atoms with Crippen LogP contribution in [-0.2, 0) is 12.8 Å². The summed E-state index contributed by atoms with van der Waals surface area (Å²) < 4.78 is 5.83. The molecule has 2 atom stereocenters. The molecule has 118 valence electrons. The Morgan fingerprint density at radius 2 is 2.14 bits per heavy atom. The smallest absolute Gasteiger partial charge is 0.125 e. The average Bonchev–Trinajstić information content (AvgIpc) is 2.92. The molecule has 0 aromatic heterocycles. The third-order valence-electron chi connectivity index (χ3n) is 4.36. The SMILES string of the molecule is CCCNC(Cc1cc(Cl)cc2c1OCC2)CC(C)CC. The maximum atomic E-state index is 6.27. The van der Waals surface area contributed by atoms with Gasteiger partial charge in [0, 0.05) is 17.5 Å². The second-order valence-electron chi connectivity index (χ2n) is 6.26. The fraction of sp³-hybridized carbons (Fsp3) is 0.667. The molecule has 0 bridgehead atoms. The third kappa shape index (κ3) is 4.62. The van der Waals surface area contributed by atoms with Crippen molar-refractivity contribution >= 4 is 11.6 Å². The number of benzene rings is 1. The number of nitrogens with one attached hydrogen (secondary N) is 1. The van der Waals surface area contributed by atoms with Crippen LogP contribution in [0.25, 0.3) is 0 Å². The van der Waals surface area contributed by atoms with Crippen molar-refractivity contribution in [2.45, 2.75) is 58.9 Å². The van der Waals surface area contributed by atoms with Gasteiger partial charge in [-0.05, 0) is 55.0 Å². The van der Waals surface area contributed by atoms with Crippen LogP contribution < -0.4 is 10.1 Å². The first-order valence-electron chi connectivity index (χ1n) is 8.31. The van der Waals surface area contributed by atoms with Gasteiger partial charge >= 0.3 is 0 Å². The average molecular weight is 310 g/mol. The summed E-state index contributed by atoms with van der Waals surface area (Å²) >= 11 is 6.27. The van der Waals surface area contributed by atoms with Crippen LogP contribution in [0.5, 0.6) is 5.75 Å². The van der Waals surface area contributed by atoms with E-state index in [0.29, 0.717) is 6.04 Å². The molecule has 1 aromatic carbocycles. The highest BCUT2D eigenvalue weighted by atomic mass is 35.5. The zero-order chi connectivity index (χ0) is 15.2. The van der Waals surface area contributed by atoms with Crippen molar-refractivity contribution in [3.63, 3.8) is 0 Å². The lowest BCUT2D eigenvalue weighted by Crippen LogP contribution is -2.33. The van der Waals surface area contributed by atoms with Gasteiger partial charge < -0.3 is 10.1 Å². The van der Waals surface area contributed by atoms with Crippen molar-refractivity contribution in [3.05, 3.63) is 28.3 Å². The fourth-order valence-corrected chi connectivity index (χ4v) is 3.27. The first kappa shape index (κ1) is 16.6. The summed E-state index contributed by atoms with van der Waals surface area (Å²) in [6.45, 7) is 8.68. The second kappa shape index (κ2) is 8.05.